The number of nitrogens with one attached hydrogen (secondary N) is 1. The molecule has 1 aromatic heterocycles. The topological polar surface area (TPSA) is 78.4 Å². The monoisotopic (exact) mass is 452 g/mol. The normalized spacial score (nSPS) is 16.3. The van der Waals surface area contributed by atoms with Crippen molar-refractivity contribution in [2.75, 3.05) is 32.7 Å². The summed E-state index contributed by atoms with van der Waals surface area (Å²) in [6.45, 7) is 3.25. The molecule has 1 fully saturated rings. The molecule has 4 rings (SSSR count). The number of imidazole rings is 1. The summed E-state index contributed by atoms with van der Waals surface area (Å²) in [6.07, 6.45) is 0.780. The maximum atomic E-state index is 13.3. The van der Waals surface area contributed by atoms with Crippen LogP contribution in [0.15, 0.2) is 52.2 Å². The number of nitrogens with zero attached hydrogens (tertiary/aromatic N) is 3. The van der Waals surface area contributed by atoms with Gasteiger partial charge in [0.15, 0.2) is 0 Å². The van der Waals surface area contributed by atoms with Gasteiger partial charge in [0.2, 0.25) is 10.0 Å². The number of aromatic nitrogens is 2. The number of H-pyrrole nitrogens is 1. The lowest BCUT2D eigenvalue weighted by Crippen LogP contribution is -2.48. The van der Waals surface area contributed by atoms with Crippen molar-refractivity contribution in [3.05, 3.63) is 63.8 Å². The lowest BCUT2D eigenvalue weighted by molar-refractivity contribution is 0.184. The molecule has 1 aliphatic rings. The van der Waals surface area contributed by atoms with Gasteiger partial charge in [-0.2, -0.15) is 4.31 Å². The molecule has 3 aromatic rings. The molecule has 1 saturated heterocycles. The molecule has 0 aliphatic carbocycles. The molecule has 0 spiro atoms. The van der Waals surface area contributed by atoms with E-state index in [1.165, 1.54) is 10.4 Å². The summed E-state index contributed by atoms with van der Waals surface area (Å²) in [7, 11) is -3.70. The molecule has 0 saturated carbocycles. The molecule has 2 aromatic carbocycles. The predicted molar refractivity (Wildman–Crippen MR) is 114 cm³/mol. The van der Waals surface area contributed by atoms with Gasteiger partial charge in [0, 0.05) is 32.7 Å². The molecule has 10 heteroatoms. The zero-order valence-electron chi connectivity index (χ0n) is 16.2. The molecule has 30 heavy (non-hydrogen) atoms. The highest BCUT2D eigenvalue weighted by Gasteiger charge is 2.28. The van der Waals surface area contributed by atoms with Crippen molar-refractivity contribution in [3.8, 4) is 0 Å². The second-order valence-electron chi connectivity index (χ2n) is 7.27. The number of fused-ring (bicyclic) bond motifs is 1. The van der Waals surface area contributed by atoms with Crippen molar-refractivity contribution < 1.29 is 12.8 Å². The zero-order valence-corrected chi connectivity index (χ0v) is 17.8. The van der Waals surface area contributed by atoms with Crippen LogP contribution in [0.4, 0.5) is 4.39 Å². The van der Waals surface area contributed by atoms with Gasteiger partial charge >= 0.3 is 5.69 Å². The summed E-state index contributed by atoms with van der Waals surface area (Å²) < 4.78 is 42.0. The molecule has 0 radical (unpaired) electrons. The van der Waals surface area contributed by atoms with Gasteiger partial charge in [0.1, 0.15) is 5.82 Å². The molecule has 0 unspecified atom stereocenters. The number of halogens is 2. The van der Waals surface area contributed by atoms with Crippen LogP contribution in [-0.2, 0) is 16.6 Å². The minimum Gasteiger partial charge on any atom is -0.306 e. The van der Waals surface area contributed by atoms with Gasteiger partial charge in [0.25, 0.3) is 0 Å². The number of hydrogen-bond donors (Lipinski definition) is 1. The van der Waals surface area contributed by atoms with Crippen LogP contribution in [0.1, 0.15) is 6.42 Å². The fourth-order valence-electron chi connectivity index (χ4n) is 3.76. The van der Waals surface area contributed by atoms with Gasteiger partial charge < -0.3 is 9.88 Å². The van der Waals surface area contributed by atoms with Gasteiger partial charge in [-0.25, -0.2) is 17.6 Å². The van der Waals surface area contributed by atoms with Gasteiger partial charge in [-0.15, -0.1) is 0 Å². The largest absolute Gasteiger partial charge is 0.326 e. The zero-order chi connectivity index (χ0) is 21.3. The van der Waals surface area contributed by atoms with Gasteiger partial charge in [-0.1, -0.05) is 23.7 Å². The van der Waals surface area contributed by atoms with Crippen LogP contribution in [0.5, 0.6) is 0 Å². The SMILES string of the molecule is O=c1[nH]c2ccccc2n1CCCN1CCN(S(=O)(=O)c2ccc(F)c(Cl)c2)CC1. The molecule has 160 valence electrons. The number of hydrogen-bond acceptors (Lipinski definition) is 4. The maximum Gasteiger partial charge on any atom is 0.326 e. The summed E-state index contributed by atoms with van der Waals surface area (Å²) in [4.78, 5) is 17.2. The molecule has 2 heterocycles. The maximum absolute atomic E-state index is 13.3. The van der Waals surface area contributed by atoms with Crippen molar-refractivity contribution in [1.29, 1.82) is 0 Å². The Bertz CT molecular complexity index is 1220. The van der Waals surface area contributed by atoms with E-state index >= 15 is 0 Å². The third-order valence-electron chi connectivity index (χ3n) is 5.40. The van der Waals surface area contributed by atoms with Crippen molar-refractivity contribution in [2.24, 2.45) is 0 Å². The average Bonchev–Trinajstić information content (AvgIpc) is 3.05. The van der Waals surface area contributed by atoms with Gasteiger partial charge in [-0.3, -0.25) is 4.57 Å². The minimum absolute atomic E-state index is 0.000983. The molecule has 0 bridgehead atoms. The van der Waals surface area contributed by atoms with Crippen molar-refractivity contribution in [1.82, 2.24) is 18.8 Å². The number of piperazine rings is 1. The lowest BCUT2D eigenvalue weighted by atomic mass is 10.3. The molecule has 1 aliphatic heterocycles. The first-order valence-corrected chi connectivity index (χ1v) is 11.5. The first-order valence-electron chi connectivity index (χ1n) is 9.71. The molecule has 1 N–H and O–H groups in total. The summed E-state index contributed by atoms with van der Waals surface area (Å²) in [5.74, 6) is -0.644. The highest BCUT2D eigenvalue weighted by molar-refractivity contribution is 7.89. The third kappa shape index (κ3) is 4.15. The van der Waals surface area contributed by atoms with Crippen LogP contribution < -0.4 is 5.69 Å². The van der Waals surface area contributed by atoms with Gasteiger partial charge in [-0.05, 0) is 43.3 Å². The van der Waals surface area contributed by atoms with Crippen LogP contribution in [0.3, 0.4) is 0 Å². The summed E-state index contributed by atoms with van der Waals surface area (Å²) in [5.41, 5.74) is 1.59. The molecule has 0 atom stereocenters. The van der Waals surface area contributed by atoms with E-state index in [4.69, 9.17) is 11.6 Å². The fraction of sp³-hybridized carbons (Fsp3) is 0.350. The number of sulfonamides is 1. The lowest BCUT2D eigenvalue weighted by Gasteiger charge is -2.34. The first-order chi connectivity index (χ1) is 14.4. The molecular weight excluding hydrogens is 431 g/mol. The Kier molecular flexibility index (Phi) is 5.97. The number of aryl methyl sites for hydroxylation is 1. The molecule has 0 amide bonds. The Morgan fingerprint density at radius 2 is 1.77 bits per heavy atom. The van der Waals surface area contributed by atoms with E-state index in [-0.39, 0.29) is 15.6 Å². The second kappa shape index (κ2) is 8.50. The van der Waals surface area contributed by atoms with E-state index in [1.54, 1.807) is 4.57 Å². The highest BCUT2D eigenvalue weighted by Crippen LogP contribution is 2.23. The van der Waals surface area contributed by atoms with E-state index < -0.39 is 15.8 Å². The second-order valence-corrected chi connectivity index (χ2v) is 9.62. The highest BCUT2D eigenvalue weighted by atomic mass is 35.5. The minimum atomic E-state index is -3.70. The Morgan fingerprint density at radius 3 is 2.50 bits per heavy atom. The Hall–Kier alpha value is -2.20. The number of para-hydroxylation sites is 2. The molecule has 7 nitrogen and oxygen atoms in total. The number of rotatable bonds is 6. The van der Waals surface area contributed by atoms with Crippen LogP contribution in [0.2, 0.25) is 5.02 Å². The van der Waals surface area contributed by atoms with Gasteiger partial charge in [0.05, 0.1) is 21.0 Å². The van der Waals surface area contributed by atoms with E-state index in [2.05, 4.69) is 9.88 Å². The number of benzene rings is 2. The quantitative estimate of drug-likeness (QED) is 0.623. The summed E-state index contributed by atoms with van der Waals surface area (Å²) >= 11 is 5.74. The summed E-state index contributed by atoms with van der Waals surface area (Å²) in [5, 5.41) is -0.206. The fourth-order valence-corrected chi connectivity index (χ4v) is 5.46. The van der Waals surface area contributed by atoms with E-state index in [0.717, 1.165) is 36.1 Å². The molecular formula is C20H22ClFN4O3S. The van der Waals surface area contributed by atoms with E-state index in [0.29, 0.717) is 32.7 Å². The van der Waals surface area contributed by atoms with Crippen molar-refractivity contribution in [3.63, 3.8) is 0 Å². The smallest absolute Gasteiger partial charge is 0.306 e. The van der Waals surface area contributed by atoms with Crippen LogP contribution >= 0.6 is 11.6 Å². The van der Waals surface area contributed by atoms with Crippen LogP contribution in [-0.4, -0.2) is 59.9 Å². The average molecular weight is 453 g/mol. The Balaban J connectivity index is 1.33. The standard InChI is InChI=1S/C20H22ClFN4O3S/c21-16-14-15(6-7-17(16)22)30(28,29)25-12-10-24(11-13-25)8-3-9-26-19-5-2-1-4-18(19)23-20(26)27/h1-2,4-7,14H,3,8-13H2,(H,23,27). The van der Waals surface area contributed by atoms with Crippen LogP contribution in [0.25, 0.3) is 11.0 Å². The van der Waals surface area contributed by atoms with E-state index in [1.807, 2.05) is 24.3 Å². The van der Waals surface area contributed by atoms with Crippen molar-refractivity contribution >= 4 is 32.7 Å². The predicted octanol–water partition coefficient (Wildman–Crippen LogP) is 2.52. The van der Waals surface area contributed by atoms with E-state index in [9.17, 15) is 17.6 Å². The summed E-state index contributed by atoms with van der Waals surface area (Å²) in [6, 6.07) is 11.0. The first kappa shape index (κ1) is 21.0. The third-order valence-corrected chi connectivity index (χ3v) is 7.58. The van der Waals surface area contributed by atoms with Crippen LogP contribution in [0, 0.1) is 5.82 Å². The Morgan fingerprint density at radius 1 is 1.03 bits per heavy atom. The number of aromatic amines is 1. The Labute approximate surface area is 178 Å². The van der Waals surface area contributed by atoms with Crippen molar-refractivity contribution in [2.45, 2.75) is 17.9 Å².